The summed E-state index contributed by atoms with van der Waals surface area (Å²) in [7, 11) is -6.28. The summed E-state index contributed by atoms with van der Waals surface area (Å²) in [4.78, 5) is 64.8. The average Bonchev–Trinajstić information content (AvgIpc) is 0.795. The van der Waals surface area contributed by atoms with Crippen molar-refractivity contribution < 1.29 is 16.8 Å². The fraction of sp³-hybridized carbons (Fsp3) is 0.521. The molecule has 0 radical (unpaired) electrons. The molecule has 0 aliphatic rings. The first-order valence-electron chi connectivity index (χ1n) is 48.9. The molecule has 0 saturated heterocycles. The number of benzene rings is 3. The van der Waals surface area contributed by atoms with Crippen molar-refractivity contribution in [1.29, 1.82) is 5.26 Å². The standard InChI is InChI=1S/C12H15N.2C12H18O2S.3C10H15N.6C9H14N2.CH4/c1-9-5-6-11(12(2,3)4)10(7-9)8-13;2*1-9-6-7-10(12(2,3)4)11(8-9)15(5,13)14;3*1-8-5-6-9(11-7-8)10(2,3)4;2*1-7-5-11-8(6-10-7)9(2,3)4;4*1-7-5-10-8(11-6-7)9(2,3)4;/h5-7H,1-4H3;2*6-8H,1-5H3;3*5-7H,1-4H3;6*5-6H,1-4H3;1H4. The van der Waals surface area contributed by atoms with E-state index in [9.17, 15) is 16.8 Å². The first kappa shape index (κ1) is 132. The van der Waals surface area contributed by atoms with Gasteiger partial charge in [0.1, 0.15) is 23.3 Å². The summed E-state index contributed by atoms with van der Waals surface area (Å²) in [5, 5.41) is 8.96. The second-order valence-corrected chi connectivity index (χ2v) is 53.3. The van der Waals surface area contributed by atoms with Gasteiger partial charge in [0.25, 0.3) is 0 Å². The number of aromatic nitrogens is 15. The molecule has 784 valence electrons. The monoisotopic (exact) mass is 1990 g/mol. The fourth-order valence-corrected chi connectivity index (χ4v) is 14.3. The maximum absolute atomic E-state index is 11.7. The molecular formula is C121H184N16O4S2. The Hall–Kier alpha value is -11.0. The van der Waals surface area contributed by atoms with Crippen LogP contribution in [0.25, 0.3) is 0 Å². The third-order valence-corrected chi connectivity index (χ3v) is 23.0. The van der Waals surface area contributed by atoms with Crippen LogP contribution in [0.4, 0.5) is 0 Å². The van der Waals surface area contributed by atoms with E-state index in [-0.39, 0.29) is 72.4 Å². The van der Waals surface area contributed by atoms with Gasteiger partial charge >= 0.3 is 0 Å². The van der Waals surface area contributed by atoms with Gasteiger partial charge in [0.15, 0.2) is 19.7 Å². The van der Waals surface area contributed by atoms with Gasteiger partial charge in [0.2, 0.25) is 0 Å². The number of hydrogen-bond acceptors (Lipinski definition) is 20. The van der Waals surface area contributed by atoms with E-state index in [4.69, 9.17) is 5.26 Å². The van der Waals surface area contributed by atoms with Gasteiger partial charge in [-0.25, -0.2) is 56.7 Å². The van der Waals surface area contributed by atoms with Gasteiger partial charge in [-0.05, 0) is 208 Å². The van der Waals surface area contributed by atoms with E-state index in [0.29, 0.717) is 9.79 Å². The lowest BCUT2D eigenvalue weighted by atomic mass is 9.83. The largest absolute Gasteiger partial charge is 0.260 e. The summed E-state index contributed by atoms with van der Waals surface area (Å²) in [6.07, 6.45) is 30.4. The molecule has 0 atom stereocenters. The predicted octanol–water partition coefficient (Wildman–Crippen LogP) is 29.8. The lowest BCUT2D eigenvalue weighted by Crippen LogP contribution is -2.16. The Labute approximate surface area is 868 Å². The van der Waals surface area contributed by atoms with Gasteiger partial charge in [-0.2, -0.15) is 5.26 Å². The summed E-state index contributed by atoms with van der Waals surface area (Å²) in [5.74, 6) is 3.62. The maximum Gasteiger partial charge on any atom is 0.175 e. The number of nitrogens with zero attached hydrogens (tertiary/aromatic N) is 16. The van der Waals surface area contributed by atoms with Crippen LogP contribution in [-0.4, -0.2) is 104 Å². The van der Waals surface area contributed by atoms with Gasteiger partial charge in [-0.15, -0.1) is 0 Å². The van der Waals surface area contributed by atoms with Crippen LogP contribution >= 0.6 is 0 Å². The minimum absolute atomic E-state index is 0. The molecule has 9 heterocycles. The second-order valence-electron chi connectivity index (χ2n) is 49.3. The SMILES string of the molecule is C.Cc1ccc(C(C)(C)C)c(C#N)c1.Cc1ccc(C(C)(C)C)c(S(C)(=O)=O)c1.Cc1ccc(C(C)(C)C)c(S(C)(=O)=O)c1.Cc1ccc(C(C)(C)C)nc1.Cc1ccc(C(C)(C)C)nc1.Cc1ccc(C(C)(C)C)nc1.Cc1cnc(C(C)(C)C)cn1.Cc1cnc(C(C)(C)C)cn1.Cc1cnc(C(C)(C)C)nc1.Cc1cnc(C(C)(C)C)nc1.Cc1cnc(C(C)(C)C)nc1.Cc1cnc(C(C)(C)C)nc1. The van der Waals surface area contributed by atoms with Crippen LogP contribution in [0.1, 0.15) is 398 Å². The molecule has 0 bridgehead atoms. The quantitative estimate of drug-likeness (QED) is 0.155. The summed E-state index contributed by atoms with van der Waals surface area (Å²) < 4.78 is 46.6. The van der Waals surface area contributed by atoms with E-state index >= 15 is 0 Å². The molecule has 22 heteroatoms. The summed E-state index contributed by atoms with van der Waals surface area (Å²) in [5.41, 5.74) is 23.1. The molecule has 0 fully saturated rings. The highest BCUT2D eigenvalue weighted by atomic mass is 32.2. The number of pyridine rings is 3. The van der Waals surface area contributed by atoms with Crippen LogP contribution in [0.3, 0.4) is 0 Å². The van der Waals surface area contributed by atoms with E-state index in [2.05, 4.69) is 352 Å². The van der Waals surface area contributed by atoms with Crippen molar-refractivity contribution >= 4 is 19.7 Å². The van der Waals surface area contributed by atoms with Gasteiger partial charge in [-0.3, -0.25) is 34.9 Å². The maximum atomic E-state index is 11.7. The number of nitriles is 1. The summed E-state index contributed by atoms with van der Waals surface area (Å²) >= 11 is 0. The molecule has 20 nitrogen and oxygen atoms in total. The molecule has 0 saturated carbocycles. The van der Waals surface area contributed by atoms with Crippen molar-refractivity contribution in [1.82, 2.24) is 74.8 Å². The smallest absolute Gasteiger partial charge is 0.175 e. The van der Waals surface area contributed by atoms with E-state index in [1.54, 1.807) is 24.5 Å². The number of sulfone groups is 2. The molecule has 12 aromatic rings. The molecule has 9 aromatic heterocycles. The molecule has 0 unspecified atom stereocenters. The van der Waals surface area contributed by atoms with Gasteiger partial charge < -0.3 is 0 Å². The third kappa shape index (κ3) is 52.4. The van der Waals surface area contributed by atoms with Crippen molar-refractivity contribution in [3.63, 3.8) is 0 Å². The highest BCUT2D eigenvalue weighted by Crippen LogP contribution is 2.33. The van der Waals surface area contributed by atoms with Gasteiger partial charge in [-0.1, -0.05) is 311 Å². The van der Waals surface area contributed by atoms with Crippen molar-refractivity contribution in [2.45, 2.75) is 415 Å². The van der Waals surface area contributed by atoms with E-state index in [1.165, 1.54) is 29.2 Å². The first-order valence-corrected chi connectivity index (χ1v) is 52.7. The minimum Gasteiger partial charge on any atom is -0.260 e. The van der Waals surface area contributed by atoms with Gasteiger partial charge in [0, 0.05) is 171 Å². The Morgan fingerprint density at radius 3 is 0.552 bits per heavy atom. The molecule has 12 rings (SSSR count). The predicted molar refractivity (Wildman–Crippen MR) is 603 cm³/mol. The Kier molecular flexibility index (Phi) is 51.1. The lowest BCUT2D eigenvalue weighted by molar-refractivity contribution is 0.544. The highest BCUT2D eigenvalue weighted by molar-refractivity contribution is 7.91. The number of hydrogen-bond donors (Lipinski definition) is 0. The first-order chi connectivity index (χ1) is 64.2. The zero-order valence-electron chi connectivity index (χ0n) is 96.9. The topological polar surface area (TPSA) is 285 Å². The van der Waals surface area contributed by atoms with Crippen molar-refractivity contribution in [3.05, 3.63) is 325 Å². The lowest BCUT2D eigenvalue weighted by Gasteiger charge is -2.22. The van der Waals surface area contributed by atoms with E-state index in [0.717, 1.165) is 124 Å². The Bertz CT molecular complexity index is 5170. The molecule has 0 aliphatic carbocycles. The van der Waals surface area contributed by atoms with E-state index < -0.39 is 19.7 Å². The molecule has 0 spiro atoms. The van der Waals surface area contributed by atoms with Crippen LogP contribution in [0.2, 0.25) is 0 Å². The van der Waals surface area contributed by atoms with Crippen LogP contribution in [0.5, 0.6) is 0 Å². The second kappa shape index (κ2) is 55.3. The van der Waals surface area contributed by atoms with Crippen LogP contribution in [-0.2, 0) is 84.7 Å². The van der Waals surface area contributed by atoms with E-state index in [1.807, 2.05) is 221 Å². The average molecular weight is 1990 g/mol. The molecule has 3 aromatic carbocycles. The normalized spacial score (nSPS) is 11.8. The summed E-state index contributed by atoms with van der Waals surface area (Å²) in [6.45, 7) is 100.0. The zero-order chi connectivity index (χ0) is 110. The number of rotatable bonds is 2. The summed E-state index contributed by atoms with van der Waals surface area (Å²) in [6, 6.07) is 32.1. The van der Waals surface area contributed by atoms with Gasteiger partial charge in [0.05, 0.1) is 44.2 Å². The highest BCUT2D eigenvalue weighted by Gasteiger charge is 2.27. The van der Waals surface area contributed by atoms with Crippen LogP contribution in [0, 0.1) is 94.4 Å². The minimum atomic E-state index is -3.14. The third-order valence-electron chi connectivity index (χ3n) is 20.7. The number of aryl methyl sites for hydroxylation is 12. The van der Waals surface area contributed by atoms with Crippen LogP contribution in [0.15, 0.2) is 194 Å². The Balaban J connectivity index is 0.00000154. The molecular weight excluding hydrogens is 1810 g/mol. The molecule has 0 aliphatic heterocycles. The van der Waals surface area contributed by atoms with Crippen molar-refractivity contribution in [2.75, 3.05) is 12.5 Å². The zero-order valence-corrected chi connectivity index (χ0v) is 98.6. The Morgan fingerprint density at radius 1 is 0.203 bits per heavy atom. The fourth-order valence-electron chi connectivity index (χ4n) is 11.9. The van der Waals surface area contributed by atoms with Crippen molar-refractivity contribution in [2.24, 2.45) is 0 Å². The molecule has 143 heavy (non-hydrogen) atoms. The molecule has 0 amide bonds. The van der Waals surface area contributed by atoms with Crippen LogP contribution < -0.4 is 0 Å². The van der Waals surface area contributed by atoms with Crippen molar-refractivity contribution in [3.8, 4) is 6.07 Å². The molecule has 0 N–H and O–H groups in total. The Morgan fingerprint density at radius 2 is 0.392 bits per heavy atom.